The second-order valence-corrected chi connectivity index (χ2v) is 5.44. The summed E-state index contributed by atoms with van der Waals surface area (Å²) < 4.78 is 0. The van der Waals surface area contributed by atoms with Crippen LogP contribution in [0.4, 0.5) is 11.4 Å². The van der Waals surface area contributed by atoms with E-state index in [2.05, 4.69) is 17.1 Å². The molecule has 100 valence electrons. The Morgan fingerprint density at radius 2 is 2.21 bits per heavy atom. The number of rotatable bonds is 2. The number of amides is 1. The van der Waals surface area contributed by atoms with Gasteiger partial charge in [0.25, 0.3) is 11.7 Å². The molecule has 0 radical (unpaired) electrons. The van der Waals surface area contributed by atoms with Crippen molar-refractivity contribution in [2.24, 2.45) is 0 Å². The molecule has 0 aliphatic carbocycles. The average Bonchev–Trinajstić information content (AvgIpc) is 2.96. The van der Waals surface area contributed by atoms with Gasteiger partial charge in [0.2, 0.25) is 0 Å². The Balaban J connectivity index is 2.03. The van der Waals surface area contributed by atoms with Crippen LogP contribution in [0, 0.1) is 0 Å². The summed E-state index contributed by atoms with van der Waals surface area (Å²) in [5.74, 6) is -1.08. The van der Waals surface area contributed by atoms with Crippen LogP contribution in [-0.4, -0.2) is 24.3 Å². The highest BCUT2D eigenvalue weighted by atomic mass is 35.5. The molecule has 1 amide bonds. The van der Waals surface area contributed by atoms with E-state index in [1.165, 1.54) is 0 Å². The predicted octanol–water partition coefficient (Wildman–Crippen LogP) is 2.85. The number of fused-ring (bicyclic) bond motifs is 1. The number of nitrogens with one attached hydrogen (secondary N) is 1. The molecule has 2 heterocycles. The zero-order valence-corrected chi connectivity index (χ0v) is 11.5. The number of ketones is 1. The van der Waals surface area contributed by atoms with E-state index >= 15 is 0 Å². The summed E-state index contributed by atoms with van der Waals surface area (Å²) in [4.78, 5) is 25.3. The van der Waals surface area contributed by atoms with Crippen LogP contribution >= 0.6 is 11.6 Å². The van der Waals surface area contributed by atoms with Crippen molar-refractivity contribution in [1.29, 1.82) is 0 Å². The van der Waals surface area contributed by atoms with Crippen molar-refractivity contribution in [2.45, 2.75) is 32.2 Å². The topological polar surface area (TPSA) is 49.4 Å². The van der Waals surface area contributed by atoms with E-state index in [1.807, 2.05) is 6.07 Å². The first-order chi connectivity index (χ1) is 9.11. The molecule has 1 saturated heterocycles. The standard InChI is InChI=1S/C14H15ClN2O2/c1-2-8-4-3-5-17(8)12-7-11-9(6-10(12)15)13(18)14(19)16-11/h6-8H,2-5H2,1H3,(H,16,18,19). The number of Topliss-reactive ketones (excluding diaryl/α,β-unsaturated/α-hetero) is 1. The van der Waals surface area contributed by atoms with Gasteiger partial charge < -0.3 is 10.2 Å². The molecule has 19 heavy (non-hydrogen) atoms. The molecule has 1 aromatic carbocycles. The minimum absolute atomic E-state index is 0.381. The van der Waals surface area contributed by atoms with Crippen LogP contribution in [-0.2, 0) is 4.79 Å². The van der Waals surface area contributed by atoms with Crippen LogP contribution in [0.25, 0.3) is 0 Å². The summed E-state index contributed by atoms with van der Waals surface area (Å²) in [7, 11) is 0. The molecule has 1 atom stereocenters. The van der Waals surface area contributed by atoms with Crippen molar-refractivity contribution in [3.05, 3.63) is 22.7 Å². The van der Waals surface area contributed by atoms with Gasteiger partial charge in [0.05, 0.1) is 22.0 Å². The molecule has 4 nitrogen and oxygen atoms in total. The molecule has 3 rings (SSSR count). The number of hydrogen-bond donors (Lipinski definition) is 1. The summed E-state index contributed by atoms with van der Waals surface area (Å²) >= 11 is 6.29. The smallest absolute Gasteiger partial charge is 0.296 e. The first kappa shape index (κ1) is 12.5. The molecule has 2 aliphatic heterocycles. The minimum atomic E-state index is -0.573. The lowest BCUT2D eigenvalue weighted by molar-refractivity contribution is -0.112. The van der Waals surface area contributed by atoms with E-state index in [-0.39, 0.29) is 0 Å². The van der Waals surface area contributed by atoms with E-state index < -0.39 is 11.7 Å². The van der Waals surface area contributed by atoms with Crippen molar-refractivity contribution >= 4 is 34.7 Å². The first-order valence-electron chi connectivity index (χ1n) is 6.57. The molecular formula is C14H15ClN2O2. The Morgan fingerprint density at radius 3 is 2.95 bits per heavy atom. The summed E-state index contributed by atoms with van der Waals surface area (Å²) in [5.41, 5.74) is 1.88. The van der Waals surface area contributed by atoms with Gasteiger partial charge in [-0.25, -0.2) is 0 Å². The van der Waals surface area contributed by atoms with E-state index in [0.717, 1.165) is 31.5 Å². The van der Waals surface area contributed by atoms with Crippen molar-refractivity contribution in [3.8, 4) is 0 Å². The number of halogens is 1. The van der Waals surface area contributed by atoms with Gasteiger partial charge in [-0.3, -0.25) is 9.59 Å². The lowest BCUT2D eigenvalue weighted by Crippen LogP contribution is -2.28. The second kappa shape index (κ2) is 4.53. The fourth-order valence-corrected chi connectivity index (χ4v) is 3.22. The van der Waals surface area contributed by atoms with Gasteiger partial charge in [0.15, 0.2) is 0 Å². The lowest BCUT2D eigenvalue weighted by atomic mass is 10.1. The van der Waals surface area contributed by atoms with Gasteiger partial charge in [-0.2, -0.15) is 0 Å². The Hall–Kier alpha value is -1.55. The van der Waals surface area contributed by atoms with Crippen LogP contribution in [0.5, 0.6) is 0 Å². The number of anilines is 2. The molecule has 1 fully saturated rings. The van der Waals surface area contributed by atoms with Crippen molar-refractivity contribution in [1.82, 2.24) is 0 Å². The van der Waals surface area contributed by atoms with E-state index in [1.54, 1.807) is 6.07 Å². The van der Waals surface area contributed by atoms with Gasteiger partial charge in [0, 0.05) is 12.6 Å². The van der Waals surface area contributed by atoms with Gasteiger partial charge >= 0.3 is 0 Å². The largest absolute Gasteiger partial charge is 0.367 e. The van der Waals surface area contributed by atoms with Crippen molar-refractivity contribution in [2.75, 3.05) is 16.8 Å². The highest BCUT2D eigenvalue weighted by Crippen LogP contribution is 2.38. The third-order valence-electron chi connectivity index (χ3n) is 3.94. The van der Waals surface area contributed by atoms with Crippen LogP contribution < -0.4 is 10.2 Å². The van der Waals surface area contributed by atoms with Gasteiger partial charge in [-0.1, -0.05) is 18.5 Å². The monoisotopic (exact) mass is 278 g/mol. The first-order valence-corrected chi connectivity index (χ1v) is 6.95. The quantitative estimate of drug-likeness (QED) is 0.846. The van der Waals surface area contributed by atoms with Crippen molar-refractivity contribution < 1.29 is 9.59 Å². The number of carbonyl (C=O) groups is 2. The third kappa shape index (κ3) is 1.91. The lowest BCUT2D eigenvalue weighted by Gasteiger charge is -2.27. The normalized spacial score (nSPS) is 21.8. The maximum Gasteiger partial charge on any atom is 0.296 e. The summed E-state index contributed by atoms with van der Waals surface area (Å²) in [5, 5.41) is 3.14. The maximum atomic E-state index is 11.6. The maximum absolute atomic E-state index is 11.6. The predicted molar refractivity (Wildman–Crippen MR) is 75.1 cm³/mol. The van der Waals surface area contributed by atoms with Gasteiger partial charge in [-0.05, 0) is 31.4 Å². The molecule has 0 spiro atoms. The van der Waals surface area contributed by atoms with Gasteiger partial charge in [-0.15, -0.1) is 0 Å². The number of benzene rings is 1. The summed E-state index contributed by atoms with van der Waals surface area (Å²) in [6.07, 6.45) is 3.38. The molecule has 0 saturated carbocycles. The zero-order valence-electron chi connectivity index (χ0n) is 10.7. The molecule has 5 heteroatoms. The van der Waals surface area contributed by atoms with E-state index in [0.29, 0.717) is 22.3 Å². The molecule has 2 aliphatic rings. The minimum Gasteiger partial charge on any atom is -0.367 e. The fraction of sp³-hybridized carbons (Fsp3) is 0.429. The molecule has 1 unspecified atom stereocenters. The van der Waals surface area contributed by atoms with E-state index in [9.17, 15) is 9.59 Å². The Morgan fingerprint density at radius 1 is 1.42 bits per heavy atom. The number of hydrogen-bond acceptors (Lipinski definition) is 3. The van der Waals surface area contributed by atoms with E-state index in [4.69, 9.17) is 11.6 Å². The third-order valence-corrected chi connectivity index (χ3v) is 4.25. The number of carbonyl (C=O) groups excluding carboxylic acids is 2. The fourth-order valence-electron chi connectivity index (χ4n) is 2.95. The SMILES string of the molecule is CCC1CCCN1c1cc2c(cc1Cl)C(=O)C(=O)N2. The Kier molecular flexibility index (Phi) is 2.97. The molecule has 1 aromatic rings. The molecule has 0 aromatic heterocycles. The van der Waals surface area contributed by atoms with Crippen LogP contribution in [0.2, 0.25) is 5.02 Å². The average molecular weight is 279 g/mol. The van der Waals surface area contributed by atoms with Gasteiger partial charge in [0.1, 0.15) is 0 Å². The molecule has 0 bridgehead atoms. The molecular weight excluding hydrogens is 264 g/mol. The van der Waals surface area contributed by atoms with Crippen LogP contribution in [0.3, 0.4) is 0 Å². The number of nitrogens with zero attached hydrogens (tertiary/aromatic N) is 1. The van der Waals surface area contributed by atoms with Crippen molar-refractivity contribution in [3.63, 3.8) is 0 Å². The summed E-state index contributed by atoms with van der Waals surface area (Å²) in [6.45, 7) is 3.13. The van der Waals surface area contributed by atoms with Crippen LogP contribution in [0.15, 0.2) is 12.1 Å². The highest BCUT2D eigenvalue weighted by molar-refractivity contribution is 6.52. The van der Waals surface area contributed by atoms with Crippen LogP contribution in [0.1, 0.15) is 36.5 Å². The Bertz CT molecular complexity index is 571. The highest BCUT2D eigenvalue weighted by Gasteiger charge is 2.31. The Labute approximate surface area is 116 Å². The zero-order chi connectivity index (χ0) is 13.6. The molecule has 1 N–H and O–H groups in total. The second-order valence-electron chi connectivity index (χ2n) is 5.03. The summed E-state index contributed by atoms with van der Waals surface area (Å²) in [6, 6.07) is 3.93.